The Kier molecular flexibility index (Phi) is 2.80. The molecule has 1 fully saturated rings. The molecular weight excluding hydrogens is 226 g/mol. The van der Waals surface area contributed by atoms with Crippen molar-refractivity contribution in [3.63, 3.8) is 0 Å². The van der Waals surface area contributed by atoms with Crippen LogP contribution in [0.2, 0.25) is 0 Å². The summed E-state index contributed by atoms with van der Waals surface area (Å²) in [6.45, 7) is 3.85. The Morgan fingerprint density at radius 1 is 1.17 bits per heavy atom. The first kappa shape index (κ1) is 11.3. The molecule has 4 nitrogen and oxygen atoms in total. The normalized spacial score (nSPS) is 17.3. The zero-order chi connectivity index (χ0) is 12.5. The van der Waals surface area contributed by atoms with E-state index in [2.05, 4.69) is 16.8 Å². The summed E-state index contributed by atoms with van der Waals surface area (Å²) in [5.41, 5.74) is 1.75. The molecule has 0 atom stereocenters. The summed E-state index contributed by atoms with van der Waals surface area (Å²) in [5, 5.41) is 9.37. The summed E-state index contributed by atoms with van der Waals surface area (Å²) < 4.78 is 5.50. The maximum Gasteiger partial charge on any atom is 0.134 e. The van der Waals surface area contributed by atoms with E-state index >= 15 is 0 Å². The molecule has 0 saturated carbocycles. The van der Waals surface area contributed by atoms with Crippen LogP contribution in [0.5, 0.6) is 0 Å². The third-order valence-corrected chi connectivity index (χ3v) is 3.56. The molecule has 1 saturated heterocycles. The van der Waals surface area contributed by atoms with Crippen LogP contribution < -0.4 is 0 Å². The van der Waals surface area contributed by atoms with Crippen molar-refractivity contribution in [1.29, 1.82) is 5.41 Å². The lowest BCUT2D eigenvalue weighted by Gasteiger charge is -2.33. The Labute approximate surface area is 106 Å². The molecule has 18 heavy (non-hydrogen) atoms. The zero-order valence-corrected chi connectivity index (χ0v) is 10.5. The summed E-state index contributed by atoms with van der Waals surface area (Å²) in [7, 11) is 2.12. The topological polar surface area (TPSA) is 43.5 Å². The Morgan fingerprint density at radius 3 is 2.67 bits per heavy atom. The minimum absolute atomic E-state index is 0.577. The third-order valence-electron chi connectivity index (χ3n) is 3.56. The number of likely N-dealkylation sites (N-methyl/N-ethyl adjacent to an activating group) is 1. The van der Waals surface area contributed by atoms with Gasteiger partial charge in [0, 0.05) is 31.6 Å². The molecule has 94 valence electrons. The number of nitrogens with one attached hydrogen (secondary N) is 1. The Hall–Kier alpha value is -1.81. The molecule has 0 unspecified atom stereocenters. The average molecular weight is 243 g/mol. The minimum atomic E-state index is 0.577. The number of benzene rings is 1. The maximum atomic E-state index is 8.34. The standard InChI is InChI=1S/C14H17N3O/c1-16-6-8-17(9-7-16)14(15)12-10-18-13-5-3-2-4-11(12)13/h2-5,10,15H,6-9H2,1H3. The highest BCUT2D eigenvalue weighted by Gasteiger charge is 2.20. The summed E-state index contributed by atoms with van der Waals surface area (Å²) in [6, 6.07) is 7.89. The van der Waals surface area contributed by atoms with Crippen molar-refractivity contribution in [3.05, 3.63) is 36.1 Å². The number of furan rings is 1. The molecule has 1 aromatic heterocycles. The number of piperazine rings is 1. The first-order valence-electron chi connectivity index (χ1n) is 6.24. The number of para-hydroxylation sites is 1. The highest BCUT2D eigenvalue weighted by atomic mass is 16.3. The van der Waals surface area contributed by atoms with Gasteiger partial charge in [0.25, 0.3) is 0 Å². The van der Waals surface area contributed by atoms with Crippen molar-refractivity contribution in [2.45, 2.75) is 0 Å². The molecule has 3 rings (SSSR count). The van der Waals surface area contributed by atoms with Crippen LogP contribution >= 0.6 is 0 Å². The monoisotopic (exact) mass is 243 g/mol. The van der Waals surface area contributed by atoms with Crippen molar-refractivity contribution in [2.24, 2.45) is 0 Å². The molecule has 0 radical (unpaired) electrons. The van der Waals surface area contributed by atoms with Crippen LogP contribution in [0.3, 0.4) is 0 Å². The smallest absolute Gasteiger partial charge is 0.134 e. The lowest BCUT2D eigenvalue weighted by molar-refractivity contribution is 0.215. The number of fused-ring (bicyclic) bond motifs is 1. The van der Waals surface area contributed by atoms with Crippen LogP contribution in [-0.2, 0) is 0 Å². The van der Waals surface area contributed by atoms with E-state index in [4.69, 9.17) is 9.83 Å². The Morgan fingerprint density at radius 2 is 1.89 bits per heavy atom. The van der Waals surface area contributed by atoms with Crippen LogP contribution in [0.25, 0.3) is 11.0 Å². The lowest BCUT2D eigenvalue weighted by atomic mass is 10.1. The second-order valence-electron chi connectivity index (χ2n) is 4.78. The van der Waals surface area contributed by atoms with Crippen LogP contribution in [0, 0.1) is 5.41 Å². The van der Waals surface area contributed by atoms with Crippen molar-refractivity contribution in [2.75, 3.05) is 33.2 Å². The van der Waals surface area contributed by atoms with E-state index in [-0.39, 0.29) is 0 Å². The van der Waals surface area contributed by atoms with Crippen LogP contribution in [-0.4, -0.2) is 48.9 Å². The molecule has 0 aliphatic carbocycles. The van der Waals surface area contributed by atoms with Gasteiger partial charge in [0.2, 0.25) is 0 Å². The first-order chi connectivity index (χ1) is 8.75. The van der Waals surface area contributed by atoms with Gasteiger partial charge in [-0.05, 0) is 13.1 Å². The summed E-state index contributed by atoms with van der Waals surface area (Å²) >= 11 is 0. The van der Waals surface area contributed by atoms with Gasteiger partial charge in [0.15, 0.2) is 0 Å². The van der Waals surface area contributed by atoms with Gasteiger partial charge in [-0.1, -0.05) is 18.2 Å². The van der Waals surface area contributed by atoms with Gasteiger partial charge in [-0.25, -0.2) is 0 Å². The average Bonchev–Trinajstić information content (AvgIpc) is 2.82. The predicted octanol–water partition coefficient (Wildman–Crippen LogP) is 2.01. The fraction of sp³-hybridized carbons (Fsp3) is 0.357. The number of amidine groups is 1. The fourth-order valence-electron chi connectivity index (χ4n) is 2.36. The molecule has 2 aromatic rings. The fourth-order valence-corrected chi connectivity index (χ4v) is 2.36. The van der Waals surface area contributed by atoms with Crippen molar-refractivity contribution < 1.29 is 4.42 Å². The van der Waals surface area contributed by atoms with E-state index in [1.807, 2.05) is 24.3 Å². The van der Waals surface area contributed by atoms with Gasteiger partial charge < -0.3 is 14.2 Å². The van der Waals surface area contributed by atoms with Gasteiger partial charge in [-0.3, -0.25) is 5.41 Å². The first-order valence-corrected chi connectivity index (χ1v) is 6.24. The van der Waals surface area contributed by atoms with E-state index < -0.39 is 0 Å². The molecule has 0 amide bonds. The van der Waals surface area contributed by atoms with E-state index in [9.17, 15) is 0 Å². The van der Waals surface area contributed by atoms with Gasteiger partial charge in [0.1, 0.15) is 17.7 Å². The van der Waals surface area contributed by atoms with Crippen molar-refractivity contribution >= 4 is 16.8 Å². The largest absolute Gasteiger partial charge is 0.464 e. The molecule has 1 aliphatic rings. The van der Waals surface area contributed by atoms with Crippen LogP contribution in [0.1, 0.15) is 5.56 Å². The quantitative estimate of drug-likeness (QED) is 0.615. The van der Waals surface area contributed by atoms with Crippen LogP contribution in [0.4, 0.5) is 0 Å². The SMILES string of the molecule is CN1CCN(C(=N)c2coc3ccccc23)CC1. The van der Waals surface area contributed by atoms with Crippen molar-refractivity contribution in [1.82, 2.24) is 9.80 Å². The van der Waals surface area contributed by atoms with Gasteiger partial charge in [-0.15, -0.1) is 0 Å². The molecule has 4 heteroatoms. The summed E-state index contributed by atoms with van der Waals surface area (Å²) in [6.07, 6.45) is 1.70. The number of hydrogen-bond donors (Lipinski definition) is 1. The highest BCUT2D eigenvalue weighted by Crippen LogP contribution is 2.22. The Bertz CT molecular complexity index is 567. The molecule has 1 aromatic carbocycles. The van der Waals surface area contributed by atoms with E-state index in [1.165, 1.54) is 0 Å². The van der Waals surface area contributed by atoms with E-state index in [1.54, 1.807) is 6.26 Å². The number of rotatable bonds is 1. The number of nitrogens with zero attached hydrogens (tertiary/aromatic N) is 2. The summed E-state index contributed by atoms with van der Waals surface area (Å²) in [5.74, 6) is 0.577. The predicted molar refractivity (Wildman–Crippen MR) is 72.1 cm³/mol. The maximum absolute atomic E-state index is 8.34. The van der Waals surface area contributed by atoms with Crippen LogP contribution in [0.15, 0.2) is 34.9 Å². The second-order valence-corrected chi connectivity index (χ2v) is 4.78. The van der Waals surface area contributed by atoms with E-state index in [0.717, 1.165) is 42.7 Å². The Balaban J connectivity index is 1.88. The van der Waals surface area contributed by atoms with Gasteiger partial charge >= 0.3 is 0 Å². The second kappa shape index (κ2) is 4.46. The lowest BCUT2D eigenvalue weighted by Crippen LogP contribution is -2.47. The van der Waals surface area contributed by atoms with Gasteiger partial charge in [-0.2, -0.15) is 0 Å². The zero-order valence-electron chi connectivity index (χ0n) is 10.5. The number of hydrogen-bond acceptors (Lipinski definition) is 3. The van der Waals surface area contributed by atoms with E-state index in [0.29, 0.717) is 5.84 Å². The van der Waals surface area contributed by atoms with Gasteiger partial charge in [0.05, 0.1) is 5.56 Å². The molecule has 1 N–H and O–H groups in total. The molecule has 2 heterocycles. The highest BCUT2D eigenvalue weighted by molar-refractivity contribution is 6.07. The molecule has 0 bridgehead atoms. The van der Waals surface area contributed by atoms with Crippen molar-refractivity contribution in [3.8, 4) is 0 Å². The third kappa shape index (κ3) is 1.88. The summed E-state index contributed by atoms with van der Waals surface area (Å²) in [4.78, 5) is 4.41. The minimum Gasteiger partial charge on any atom is -0.464 e. The molecule has 0 spiro atoms. The molecule has 1 aliphatic heterocycles. The molecular formula is C14H17N3O.